The van der Waals surface area contributed by atoms with E-state index >= 15 is 0 Å². The quantitative estimate of drug-likeness (QED) is 0.817. The smallest absolute Gasteiger partial charge is 0.130 e. The first kappa shape index (κ1) is 14.0. The lowest BCUT2D eigenvalue weighted by Gasteiger charge is -2.19. The summed E-state index contributed by atoms with van der Waals surface area (Å²) in [5.74, 6) is 0. The Morgan fingerprint density at radius 3 is 2.56 bits per heavy atom. The van der Waals surface area contributed by atoms with Crippen LogP contribution in [0.3, 0.4) is 0 Å². The second-order valence-electron chi connectivity index (χ2n) is 4.97. The first-order chi connectivity index (χ1) is 8.70. The molecule has 1 aromatic rings. The molecule has 1 aromatic heterocycles. The summed E-state index contributed by atoms with van der Waals surface area (Å²) in [6.07, 6.45) is 7.71. The number of aryl methyl sites for hydroxylation is 1. The molecule has 1 heterocycles. The Balaban J connectivity index is 2.02. The molecule has 1 unspecified atom stereocenters. The summed E-state index contributed by atoms with van der Waals surface area (Å²) < 4.78 is 1.12. The number of thiophene rings is 1. The van der Waals surface area contributed by atoms with E-state index in [2.05, 4.69) is 40.3 Å². The summed E-state index contributed by atoms with van der Waals surface area (Å²) in [5.41, 5.74) is 0. The SMILES string of the molecule is Cc1sc(C(C#N)NC2CCCCCC2)cc1Br. The Hall–Kier alpha value is -0.370. The first-order valence-electron chi connectivity index (χ1n) is 6.62. The molecule has 18 heavy (non-hydrogen) atoms. The van der Waals surface area contributed by atoms with Gasteiger partial charge in [0.1, 0.15) is 6.04 Å². The van der Waals surface area contributed by atoms with E-state index in [-0.39, 0.29) is 6.04 Å². The molecular formula is C14H19BrN2S. The summed E-state index contributed by atoms with van der Waals surface area (Å²) in [7, 11) is 0. The Morgan fingerprint density at radius 2 is 2.06 bits per heavy atom. The van der Waals surface area contributed by atoms with Gasteiger partial charge in [-0.05, 0) is 41.8 Å². The van der Waals surface area contributed by atoms with Crippen LogP contribution in [-0.2, 0) is 0 Å². The standard InChI is InChI=1S/C14H19BrN2S/c1-10-12(15)8-14(18-10)13(9-16)17-11-6-4-2-3-5-7-11/h8,11,13,17H,2-7H2,1H3. The third-order valence-corrected chi connectivity index (χ3v) is 5.75. The van der Waals surface area contributed by atoms with Crippen molar-refractivity contribution in [3.05, 3.63) is 20.3 Å². The maximum atomic E-state index is 9.36. The molecule has 0 aliphatic heterocycles. The van der Waals surface area contributed by atoms with Crippen molar-refractivity contribution in [3.8, 4) is 6.07 Å². The Labute approximate surface area is 122 Å². The van der Waals surface area contributed by atoms with Gasteiger partial charge in [0.05, 0.1) is 6.07 Å². The van der Waals surface area contributed by atoms with E-state index < -0.39 is 0 Å². The van der Waals surface area contributed by atoms with Gasteiger partial charge in [-0.3, -0.25) is 5.32 Å². The van der Waals surface area contributed by atoms with Crippen LogP contribution in [0, 0.1) is 18.3 Å². The fourth-order valence-corrected chi connectivity index (χ4v) is 4.05. The molecule has 98 valence electrons. The van der Waals surface area contributed by atoms with Crippen molar-refractivity contribution in [2.75, 3.05) is 0 Å². The molecule has 4 heteroatoms. The van der Waals surface area contributed by atoms with Crippen LogP contribution in [0.1, 0.15) is 54.3 Å². The molecule has 2 nitrogen and oxygen atoms in total. The molecule has 0 bridgehead atoms. The van der Waals surface area contributed by atoms with Gasteiger partial charge in [0.15, 0.2) is 0 Å². The molecule has 0 radical (unpaired) electrons. The van der Waals surface area contributed by atoms with Gasteiger partial charge >= 0.3 is 0 Å². The van der Waals surface area contributed by atoms with Gasteiger partial charge in [-0.2, -0.15) is 5.26 Å². The predicted octanol–water partition coefficient (Wildman–Crippen LogP) is 4.70. The van der Waals surface area contributed by atoms with Gasteiger partial charge in [0.25, 0.3) is 0 Å². The topological polar surface area (TPSA) is 35.8 Å². The van der Waals surface area contributed by atoms with Crippen LogP contribution in [0.5, 0.6) is 0 Å². The number of nitrogens with one attached hydrogen (secondary N) is 1. The van der Waals surface area contributed by atoms with Crippen LogP contribution >= 0.6 is 27.3 Å². The number of rotatable bonds is 3. The largest absolute Gasteiger partial charge is 0.295 e. The van der Waals surface area contributed by atoms with Gasteiger partial charge in [-0.25, -0.2) is 0 Å². The number of nitriles is 1. The van der Waals surface area contributed by atoms with Crippen molar-refractivity contribution in [1.29, 1.82) is 5.26 Å². The fraction of sp³-hybridized carbons (Fsp3) is 0.643. The van der Waals surface area contributed by atoms with Gasteiger partial charge in [-0.15, -0.1) is 11.3 Å². The average molecular weight is 327 g/mol. The third kappa shape index (κ3) is 3.57. The molecule has 1 atom stereocenters. The lowest BCUT2D eigenvalue weighted by Crippen LogP contribution is -2.31. The van der Waals surface area contributed by atoms with Crippen molar-refractivity contribution in [2.24, 2.45) is 0 Å². The van der Waals surface area contributed by atoms with Crippen molar-refractivity contribution in [3.63, 3.8) is 0 Å². The number of halogens is 1. The van der Waals surface area contributed by atoms with Crippen molar-refractivity contribution >= 4 is 27.3 Å². The minimum absolute atomic E-state index is 0.150. The van der Waals surface area contributed by atoms with Crippen molar-refractivity contribution < 1.29 is 0 Å². The first-order valence-corrected chi connectivity index (χ1v) is 8.23. The van der Waals surface area contributed by atoms with Gasteiger partial charge in [-0.1, -0.05) is 25.7 Å². The molecule has 0 aromatic carbocycles. The van der Waals surface area contributed by atoms with Gasteiger partial charge < -0.3 is 0 Å². The Morgan fingerprint density at radius 1 is 1.39 bits per heavy atom. The lowest BCUT2D eigenvalue weighted by atomic mass is 10.1. The van der Waals surface area contributed by atoms with Crippen molar-refractivity contribution in [2.45, 2.75) is 57.5 Å². The van der Waals surface area contributed by atoms with Gasteiger partial charge in [0, 0.05) is 20.3 Å². The number of nitrogens with zero attached hydrogens (tertiary/aromatic N) is 1. The van der Waals surface area contributed by atoms with E-state index in [1.807, 2.05) is 0 Å². The predicted molar refractivity (Wildman–Crippen MR) is 79.7 cm³/mol. The lowest BCUT2D eigenvalue weighted by molar-refractivity contribution is 0.439. The van der Waals surface area contributed by atoms with Crippen LogP contribution in [0.2, 0.25) is 0 Å². The summed E-state index contributed by atoms with van der Waals surface area (Å²) in [6, 6.07) is 4.85. The van der Waals surface area contributed by atoms with Crippen LogP contribution in [0.4, 0.5) is 0 Å². The molecule has 0 amide bonds. The van der Waals surface area contributed by atoms with Crippen LogP contribution < -0.4 is 5.32 Å². The molecule has 1 aliphatic carbocycles. The fourth-order valence-electron chi connectivity index (χ4n) is 2.49. The zero-order chi connectivity index (χ0) is 13.0. The minimum Gasteiger partial charge on any atom is -0.295 e. The summed E-state index contributed by atoms with van der Waals surface area (Å²) in [6.45, 7) is 2.08. The Bertz CT molecular complexity index is 408. The summed E-state index contributed by atoms with van der Waals surface area (Å²) in [5, 5.41) is 12.9. The minimum atomic E-state index is -0.150. The van der Waals surface area contributed by atoms with E-state index in [1.54, 1.807) is 11.3 Å². The zero-order valence-corrected chi connectivity index (χ0v) is 13.1. The maximum Gasteiger partial charge on any atom is 0.130 e. The molecule has 1 fully saturated rings. The zero-order valence-electron chi connectivity index (χ0n) is 10.7. The highest BCUT2D eigenvalue weighted by atomic mass is 79.9. The van der Waals surface area contributed by atoms with Crippen LogP contribution in [-0.4, -0.2) is 6.04 Å². The second kappa shape index (κ2) is 6.70. The number of hydrogen-bond donors (Lipinski definition) is 1. The molecule has 0 spiro atoms. The average Bonchev–Trinajstić information content (AvgIpc) is 2.59. The monoisotopic (exact) mass is 326 g/mol. The summed E-state index contributed by atoms with van der Waals surface area (Å²) >= 11 is 5.23. The van der Waals surface area contributed by atoms with Crippen molar-refractivity contribution in [1.82, 2.24) is 5.32 Å². The van der Waals surface area contributed by atoms with E-state index in [9.17, 15) is 5.26 Å². The van der Waals surface area contributed by atoms with E-state index in [0.29, 0.717) is 6.04 Å². The highest BCUT2D eigenvalue weighted by Crippen LogP contribution is 2.31. The highest BCUT2D eigenvalue weighted by molar-refractivity contribution is 9.10. The maximum absolute atomic E-state index is 9.36. The van der Waals surface area contributed by atoms with E-state index in [0.717, 1.165) is 9.35 Å². The molecule has 1 N–H and O–H groups in total. The molecule has 1 aliphatic rings. The van der Waals surface area contributed by atoms with E-state index in [1.165, 1.54) is 43.4 Å². The molecular weight excluding hydrogens is 308 g/mol. The second-order valence-corrected chi connectivity index (χ2v) is 7.11. The highest BCUT2D eigenvalue weighted by Gasteiger charge is 2.20. The molecule has 2 rings (SSSR count). The number of hydrogen-bond acceptors (Lipinski definition) is 3. The third-order valence-electron chi connectivity index (χ3n) is 3.55. The van der Waals surface area contributed by atoms with Gasteiger partial charge in [0.2, 0.25) is 0 Å². The van der Waals surface area contributed by atoms with E-state index in [4.69, 9.17) is 0 Å². The Kier molecular flexibility index (Phi) is 5.23. The normalized spacial score (nSPS) is 19.2. The van der Waals surface area contributed by atoms with Crippen LogP contribution in [0.15, 0.2) is 10.5 Å². The molecule has 1 saturated carbocycles. The summed E-state index contributed by atoms with van der Waals surface area (Å²) in [4.78, 5) is 2.37. The molecule has 0 saturated heterocycles. The van der Waals surface area contributed by atoms with Crippen LogP contribution in [0.25, 0.3) is 0 Å².